The molecule has 3 fully saturated rings. The molecule has 8 nitrogen and oxygen atoms in total. The van der Waals surface area contributed by atoms with E-state index in [0.29, 0.717) is 12.6 Å². The number of nitrogens with one attached hydrogen (secondary N) is 1. The molecule has 1 aromatic rings. The smallest absolute Gasteiger partial charge is 0.194 e. The highest BCUT2D eigenvalue weighted by atomic mass is 127. The van der Waals surface area contributed by atoms with Gasteiger partial charge >= 0.3 is 0 Å². The third-order valence-corrected chi connectivity index (χ3v) is 7.88. The highest BCUT2D eigenvalue weighted by molar-refractivity contribution is 14.0. The van der Waals surface area contributed by atoms with Gasteiger partial charge in [0.25, 0.3) is 0 Å². The van der Waals surface area contributed by atoms with Gasteiger partial charge in [-0.05, 0) is 57.3 Å². The number of hydrogen-bond acceptors (Lipinski definition) is 5. The molecule has 9 heteroatoms. The monoisotopic (exact) mass is 573 g/mol. The van der Waals surface area contributed by atoms with Crippen molar-refractivity contribution in [1.82, 2.24) is 29.9 Å². The maximum atomic E-state index is 5.83. The van der Waals surface area contributed by atoms with Gasteiger partial charge in [-0.2, -0.15) is 0 Å². The van der Waals surface area contributed by atoms with E-state index >= 15 is 0 Å². The summed E-state index contributed by atoms with van der Waals surface area (Å²) in [6.45, 7) is 13.3. The quantitative estimate of drug-likeness (QED) is 0.321. The zero-order valence-electron chi connectivity index (χ0n) is 21.0. The molecule has 2 aliphatic heterocycles. The van der Waals surface area contributed by atoms with E-state index in [-0.39, 0.29) is 24.0 Å². The Morgan fingerprint density at radius 1 is 1.09 bits per heavy atom. The number of ether oxygens (including phenoxy) is 1. The number of nitrogens with zero attached hydrogens (tertiary/aromatic N) is 6. The molecule has 1 unspecified atom stereocenters. The van der Waals surface area contributed by atoms with E-state index in [0.717, 1.165) is 87.7 Å². The van der Waals surface area contributed by atoms with Gasteiger partial charge in [0.05, 0.1) is 6.10 Å². The van der Waals surface area contributed by atoms with Crippen molar-refractivity contribution in [2.75, 3.05) is 39.3 Å². The van der Waals surface area contributed by atoms with Gasteiger partial charge in [-0.1, -0.05) is 13.8 Å². The van der Waals surface area contributed by atoms with E-state index in [1.807, 2.05) is 18.5 Å². The minimum absolute atomic E-state index is 0. The lowest BCUT2D eigenvalue weighted by Gasteiger charge is -2.43. The van der Waals surface area contributed by atoms with Crippen LogP contribution in [0.5, 0.6) is 0 Å². The largest absolute Gasteiger partial charge is 0.376 e. The molecule has 1 atom stereocenters. The van der Waals surface area contributed by atoms with Crippen molar-refractivity contribution in [2.45, 2.75) is 78.0 Å². The molecule has 4 rings (SSSR count). The number of aliphatic imine (C=N–C) groups is 1. The summed E-state index contributed by atoms with van der Waals surface area (Å²) in [6, 6.07) is 0.772. The van der Waals surface area contributed by atoms with Crippen LogP contribution in [0.15, 0.2) is 4.99 Å². The number of piperazine rings is 1. The predicted octanol–water partition coefficient (Wildman–Crippen LogP) is 3.20. The summed E-state index contributed by atoms with van der Waals surface area (Å²) in [5, 5.41) is 12.1. The summed E-state index contributed by atoms with van der Waals surface area (Å²) < 4.78 is 7.85. The maximum absolute atomic E-state index is 5.83. The zero-order valence-corrected chi connectivity index (χ0v) is 23.3. The Bertz CT molecular complexity index is 746. The molecule has 2 saturated heterocycles. The molecule has 1 aromatic heterocycles. The Hall–Kier alpha value is -0.940. The fraction of sp³-hybridized carbons (Fsp3) is 0.875. The SMILES string of the molecule is Cc1nnc(CN=C(NCC2CCCO2)N2CCN(C3CCC(C(C)C)CC3)CC2)n1C.I. The van der Waals surface area contributed by atoms with Gasteiger partial charge in [-0.15, -0.1) is 34.2 Å². The van der Waals surface area contributed by atoms with E-state index in [1.165, 1.54) is 25.7 Å². The van der Waals surface area contributed by atoms with E-state index < -0.39 is 0 Å². The molecule has 188 valence electrons. The molecule has 3 aliphatic rings. The normalized spacial score (nSPS) is 27.1. The molecule has 0 aromatic carbocycles. The first kappa shape index (κ1) is 26.7. The minimum Gasteiger partial charge on any atom is -0.376 e. The van der Waals surface area contributed by atoms with Crippen LogP contribution in [-0.2, 0) is 18.3 Å². The topological polar surface area (TPSA) is 70.8 Å². The van der Waals surface area contributed by atoms with E-state index in [9.17, 15) is 0 Å². The lowest BCUT2D eigenvalue weighted by atomic mass is 9.79. The molecule has 3 heterocycles. The van der Waals surface area contributed by atoms with Crippen molar-refractivity contribution in [3.8, 4) is 0 Å². The van der Waals surface area contributed by atoms with Crippen molar-refractivity contribution in [1.29, 1.82) is 0 Å². The number of rotatable bonds is 6. The van der Waals surface area contributed by atoms with Crippen LogP contribution in [0, 0.1) is 18.8 Å². The lowest BCUT2D eigenvalue weighted by molar-refractivity contribution is 0.0850. The number of hydrogen-bond donors (Lipinski definition) is 1. The summed E-state index contributed by atoms with van der Waals surface area (Å²) in [5.74, 6) is 4.57. The second-order valence-corrected chi connectivity index (χ2v) is 10.2. The molecule has 1 aliphatic carbocycles. The lowest BCUT2D eigenvalue weighted by Crippen LogP contribution is -2.55. The number of aromatic nitrogens is 3. The van der Waals surface area contributed by atoms with Gasteiger partial charge in [0.2, 0.25) is 0 Å². The van der Waals surface area contributed by atoms with Crippen LogP contribution < -0.4 is 5.32 Å². The first-order valence-electron chi connectivity index (χ1n) is 12.7. The van der Waals surface area contributed by atoms with Gasteiger partial charge in [0, 0.05) is 52.4 Å². The van der Waals surface area contributed by atoms with Crippen LogP contribution in [-0.4, -0.2) is 82.0 Å². The van der Waals surface area contributed by atoms with Crippen molar-refractivity contribution in [3.05, 3.63) is 11.6 Å². The minimum atomic E-state index is 0. The average molecular weight is 574 g/mol. The molecule has 1 N–H and O–H groups in total. The third kappa shape index (κ3) is 7.04. The summed E-state index contributed by atoms with van der Waals surface area (Å²) in [5.41, 5.74) is 0. The Morgan fingerprint density at radius 3 is 2.39 bits per heavy atom. The molecule has 0 radical (unpaired) electrons. The van der Waals surface area contributed by atoms with Gasteiger partial charge in [-0.3, -0.25) is 4.90 Å². The molecular weight excluding hydrogens is 529 g/mol. The van der Waals surface area contributed by atoms with E-state index in [1.54, 1.807) is 0 Å². The first-order chi connectivity index (χ1) is 15.5. The van der Waals surface area contributed by atoms with Gasteiger partial charge in [0.15, 0.2) is 11.8 Å². The Morgan fingerprint density at radius 2 is 1.82 bits per heavy atom. The van der Waals surface area contributed by atoms with Crippen molar-refractivity contribution >= 4 is 29.9 Å². The molecule has 0 bridgehead atoms. The summed E-state index contributed by atoms with van der Waals surface area (Å²) >= 11 is 0. The highest BCUT2D eigenvalue weighted by Crippen LogP contribution is 2.32. The summed E-state index contributed by atoms with van der Waals surface area (Å²) in [7, 11) is 2.01. The van der Waals surface area contributed by atoms with Crippen LogP contribution in [0.25, 0.3) is 0 Å². The zero-order chi connectivity index (χ0) is 22.5. The van der Waals surface area contributed by atoms with E-state index in [2.05, 4.69) is 39.2 Å². The van der Waals surface area contributed by atoms with Crippen LogP contribution in [0.1, 0.15) is 64.0 Å². The third-order valence-electron chi connectivity index (χ3n) is 7.88. The van der Waals surface area contributed by atoms with Gasteiger partial charge in [-0.25, -0.2) is 4.99 Å². The number of halogens is 1. The number of aryl methyl sites for hydroxylation is 1. The van der Waals surface area contributed by atoms with Crippen LogP contribution in [0.2, 0.25) is 0 Å². The van der Waals surface area contributed by atoms with Crippen molar-refractivity contribution in [3.63, 3.8) is 0 Å². The summed E-state index contributed by atoms with van der Waals surface area (Å²) in [6.07, 6.45) is 8.13. The standard InChI is InChI=1S/C24H43N7O.HI/c1-18(2)20-7-9-21(10-8-20)30-11-13-31(14-12-30)24(25-16-22-6-5-15-32-22)26-17-23-28-27-19(3)29(23)4;/h18,20-22H,5-17H2,1-4H3,(H,25,26);1H. The summed E-state index contributed by atoms with van der Waals surface area (Å²) in [4.78, 5) is 10.1. The predicted molar refractivity (Wildman–Crippen MR) is 143 cm³/mol. The molecule has 33 heavy (non-hydrogen) atoms. The molecular formula is C24H44IN7O. The van der Waals surface area contributed by atoms with Crippen LogP contribution in [0.3, 0.4) is 0 Å². The fourth-order valence-electron chi connectivity index (χ4n) is 5.44. The first-order valence-corrected chi connectivity index (χ1v) is 12.7. The second kappa shape index (κ2) is 12.7. The van der Waals surface area contributed by atoms with Gasteiger partial charge < -0.3 is 19.5 Å². The number of guanidine groups is 1. The second-order valence-electron chi connectivity index (χ2n) is 10.2. The van der Waals surface area contributed by atoms with E-state index in [4.69, 9.17) is 9.73 Å². The Labute approximate surface area is 216 Å². The molecule has 0 amide bonds. The Kier molecular flexibility index (Phi) is 10.2. The van der Waals surface area contributed by atoms with Crippen molar-refractivity contribution < 1.29 is 4.74 Å². The molecule has 1 saturated carbocycles. The Balaban J connectivity index is 0.00000306. The van der Waals surface area contributed by atoms with Crippen LogP contribution >= 0.6 is 24.0 Å². The molecule has 0 spiro atoms. The highest BCUT2D eigenvalue weighted by Gasteiger charge is 2.30. The fourth-order valence-corrected chi connectivity index (χ4v) is 5.44. The van der Waals surface area contributed by atoms with Crippen molar-refractivity contribution in [2.24, 2.45) is 23.9 Å². The van der Waals surface area contributed by atoms with Gasteiger partial charge in [0.1, 0.15) is 12.4 Å². The average Bonchev–Trinajstić information content (AvgIpc) is 3.45. The maximum Gasteiger partial charge on any atom is 0.194 e. The van der Waals surface area contributed by atoms with Crippen LogP contribution in [0.4, 0.5) is 0 Å².